The number of amides is 2. The van der Waals surface area contributed by atoms with Gasteiger partial charge in [-0.05, 0) is 37.4 Å². The zero-order valence-electron chi connectivity index (χ0n) is 17.2. The smallest absolute Gasteiger partial charge is 0.264 e. The van der Waals surface area contributed by atoms with Gasteiger partial charge in [-0.1, -0.05) is 24.3 Å². The minimum atomic E-state index is -0.0631. The summed E-state index contributed by atoms with van der Waals surface area (Å²) in [5.41, 5.74) is 3.41. The minimum Gasteiger partial charge on any atom is -0.335 e. The molecule has 0 saturated carbocycles. The molecule has 4 rings (SSSR count). The number of anilines is 1. The number of carbonyl (C=O) groups excluding carboxylic acids is 2. The molecule has 1 aliphatic rings. The molecule has 0 bridgehead atoms. The first-order chi connectivity index (χ1) is 14.5. The lowest BCUT2D eigenvalue weighted by Gasteiger charge is -2.34. The Morgan fingerprint density at radius 3 is 2.43 bits per heavy atom. The molecule has 3 aromatic rings. The quantitative estimate of drug-likeness (QED) is 0.685. The van der Waals surface area contributed by atoms with Crippen LogP contribution in [0.5, 0.6) is 0 Å². The highest BCUT2D eigenvalue weighted by Gasteiger charge is 2.24. The summed E-state index contributed by atoms with van der Waals surface area (Å²) in [7, 11) is 0. The first-order valence-electron chi connectivity index (χ1n) is 9.99. The summed E-state index contributed by atoms with van der Waals surface area (Å²) in [5, 5.41) is 9.52. The fourth-order valence-electron chi connectivity index (χ4n) is 3.69. The average Bonchev–Trinajstić information content (AvgIpc) is 3.39. The number of thiophene rings is 1. The zero-order chi connectivity index (χ0) is 21.1. The van der Waals surface area contributed by atoms with Crippen molar-refractivity contribution in [1.29, 1.82) is 0 Å². The monoisotopic (exact) mass is 423 g/mol. The second-order valence-corrected chi connectivity index (χ2v) is 8.33. The average molecular weight is 424 g/mol. The van der Waals surface area contributed by atoms with Crippen LogP contribution in [0.25, 0.3) is 5.69 Å². The largest absolute Gasteiger partial charge is 0.335 e. The van der Waals surface area contributed by atoms with E-state index in [9.17, 15) is 9.59 Å². The van der Waals surface area contributed by atoms with E-state index in [1.807, 2.05) is 71.3 Å². The fraction of sp³-hybridized carbons (Fsp3) is 0.318. The molecule has 0 aliphatic carbocycles. The van der Waals surface area contributed by atoms with Crippen LogP contribution in [-0.2, 0) is 4.79 Å². The molecule has 1 aromatic carbocycles. The molecule has 3 heterocycles. The number of piperazine rings is 1. The van der Waals surface area contributed by atoms with Gasteiger partial charge in [-0.25, -0.2) is 4.68 Å². The van der Waals surface area contributed by atoms with Crippen molar-refractivity contribution < 1.29 is 9.59 Å². The first kappa shape index (κ1) is 20.3. The third-order valence-electron chi connectivity index (χ3n) is 5.32. The molecule has 1 saturated heterocycles. The first-order valence-corrected chi connectivity index (χ1v) is 10.9. The van der Waals surface area contributed by atoms with Gasteiger partial charge in [-0.15, -0.1) is 11.3 Å². The predicted octanol–water partition coefficient (Wildman–Crippen LogP) is 2.95. The van der Waals surface area contributed by atoms with Crippen LogP contribution in [0.15, 0.2) is 47.8 Å². The Balaban J connectivity index is 1.34. The van der Waals surface area contributed by atoms with E-state index in [0.717, 1.165) is 27.6 Å². The number of benzene rings is 1. The summed E-state index contributed by atoms with van der Waals surface area (Å²) in [4.78, 5) is 29.8. The van der Waals surface area contributed by atoms with E-state index in [2.05, 4.69) is 15.3 Å². The lowest BCUT2D eigenvalue weighted by molar-refractivity contribution is -0.117. The normalized spacial score (nSPS) is 14.7. The Morgan fingerprint density at radius 2 is 1.77 bits per heavy atom. The Bertz CT molecular complexity index is 1020. The molecule has 30 heavy (non-hydrogen) atoms. The number of carbonyl (C=O) groups is 2. The number of nitrogens with one attached hydrogen (secondary N) is 1. The van der Waals surface area contributed by atoms with Gasteiger partial charge >= 0.3 is 0 Å². The van der Waals surface area contributed by atoms with Gasteiger partial charge in [0.15, 0.2) is 0 Å². The summed E-state index contributed by atoms with van der Waals surface area (Å²) in [6.45, 7) is 6.80. The summed E-state index contributed by atoms with van der Waals surface area (Å²) in [6, 6.07) is 13.6. The van der Waals surface area contributed by atoms with Crippen molar-refractivity contribution in [3.8, 4) is 5.69 Å². The number of hydrogen-bond donors (Lipinski definition) is 1. The molecule has 2 aromatic heterocycles. The number of aryl methyl sites for hydroxylation is 1. The van der Waals surface area contributed by atoms with Gasteiger partial charge < -0.3 is 10.2 Å². The van der Waals surface area contributed by atoms with Crippen LogP contribution in [0.3, 0.4) is 0 Å². The Kier molecular flexibility index (Phi) is 5.96. The van der Waals surface area contributed by atoms with Crippen LogP contribution in [-0.4, -0.2) is 64.1 Å². The van der Waals surface area contributed by atoms with Gasteiger partial charge in [-0.2, -0.15) is 5.10 Å². The second-order valence-electron chi connectivity index (χ2n) is 7.39. The van der Waals surface area contributed by atoms with Crippen LogP contribution in [0, 0.1) is 13.8 Å². The van der Waals surface area contributed by atoms with Crippen molar-refractivity contribution in [3.05, 3.63) is 64.1 Å². The van der Waals surface area contributed by atoms with E-state index in [1.165, 1.54) is 11.3 Å². The molecule has 156 valence electrons. The van der Waals surface area contributed by atoms with Crippen LogP contribution in [0.2, 0.25) is 0 Å². The Hall–Kier alpha value is -2.97. The third-order valence-corrected chi connectivity index (χ3v) is 6.17. The highest BCUT2D eigenvalue weighted by Crippen LogP contribution is 2.23. The second kappa shape index (κ2) is 8.81. The Morgan fingerprint density at radius 1 is 1.03 bits per heavy atom. The number of hydrogen-bond acceptors (Lipinski definition) is 5. The summed E-state index contributed by atoms with van der Waals surface area (Å²) in [6.07, 6.45) is 0. The highest BCUT2D eigenvalue weighted by atomic mass is 32.1. The van der Waals surface area contributed by atoms with E-state index >= 15 is 0 Å². The van der Waals surface area contributed by atoms with Gasteiger partial charge in [0.1, 0.15) is 0 Å². The van der Waals surface area contributed by atoms with E-state index in [1.54, 1.807) is 0 Å². The van der Waals surface area contributed by atoms with Crippen LogP contribution < -0.4 is 5.32 Å². The van der Waals surface area contributed by atoms with Crippen molar-refractivity contribution >= 4 is 28.8 Å². The van der Waals surface area contributed by atoms with E-state index in [0.29, 0.717) is 32.7 Å². The highest BCUT2D eigenvalue weighted by molar-refractivity contribution is 7.12. The van der Waals surface area contributed by atoms with Gasteiger partial charge in [0.2, 0.25) is 5.91 Å². The van der Waals surface area contributed by atoms with Crippen molar-refractivity contribution in [3.63, 3.8) is 0 Å². The van der Waals surface area contributed by atoms with E-state index in [-0.39, 0.29) is 11.8 Å². The zero-order valence-corrected chi connectivity index (χ0v) is 18.0. The SMILES string of the molecule is Cc1nn(-c2ccccc2)c(C)c1NC(=O)CN1CCN(C(=O)c2cccs2)CC1. The molecule has 8 heteroatoms. The van der Waals surface area contributed by atoms with Gasteiger partial charge in [0.25, 0.3) is 5.91 Å². The molecule has 0 unspecified atom stereocenters. The molecule has 7 nitrogen and oxygen atoms in total. The molecule has 1 N–H and O–H groups in total. The summed E-state index contributed by atoms with van der Waals surface area (Å²) in [5.74, 6) is 0.0144. The maximum absolute atomic E-state index is 12.7. The van der Waals surface area contributed by atoms with Crippen molar-refractivity contribution in [2.24, 2.45) is 0 Å². The van der Waals surface area contributed by atoms with E-state index in [4.69, 9.17) is 0 Å². The molecular weight excluding hydrogens is 398 g/mol. The van der Waals surface area contributed by atoms with Gasteiger partial charge in [-0.3, -0.25) is 14.5 Å². The van der Waals surface area contributed by atoms with Crippen LogP contribution in [0.4, 0.5) is 5.69 Å². The summed E-state index contributed by atoms with van der Waals surface area (Å²) >= 11 is 1.46. The van der Waals surface area contributed by atoms with Crippen molar-refractivity contribution in [1.82, 2.24) is 19.6 Å². The maximum atomic E-state index is 12.7. The minimum absolute atomic E-state index is 0.0631. The van der Waals surface area contributed by atoms with Crippen molar-refractivity contribution in [2.75, 3.05) is 38.0 Å². The molecule has 2 amide bonds. The number of para-hydroxylation sites is 1. The van der Waals surface area contributed by atoms with Crippen molar-refractivity contribution in [2.45, 2.75) is 13.8 Å². The third kappa shape index (κ3) is 4.29. The molecular formula is C22H25N5O2S. The fourth-order valence-corrected chi connectivity index (χ4v) is 4.38. The maximum Gasteiger partial charge on any atom is 0.264 e. The molecule has 0 atom stereocenters. The molecule has 1 aliphatic heterocycles. The molecule has 0 spiro atoms. The lowest BCUT2D eigenvalue weighted by atomic mass is 10.2. The molecule has 0 radical (unpaired) electrons. The standard InChI is InChI=1S/C22H25N5O2S/c1-16-21(17(2)27(24-16)18-7-4-3-5-8-18)23-20(28)15-25-10-12-26(13-11-25)22(29)19-9-6-14-30-19/h3-9,14H,10-13,15H2,1-2H3,(H,23,28). The summed E-state index contributed by atoms with van der Waals surface area (Å²) < 4.78 is 1.85. The Labute approximate surface area is 179 Å². The topological polar surface area (TPSA) is 70.5 Å². The number of aromatic nitrogens is 2. The van der Waals surface area contributed by atoms with Gasteiger partial charge in [0, 0.05) is 26.2 Å². The van der Waals surface area contributed by atoms with Crippen LogP contribution >= 0.6 is 11.3 Å². The van der Waals surface area contributed by atoms with E-state index < -0.39 is 0 Å². The predicted molar refractivity (Wildman–Crippen MR) is 118 cm³/mol. The molecule has 1 fully saturated rings. The number of rotatable bonds is 5. The van der Waals surface area contributed by atoms with Crippen LogP contribution in [0.1, 0.15) is 21.1 Å². The number of nitrogens with zero attached hydrogens (tertiary/aromatic N) is 4. The lowest BCUT2D eigenvalue weighted by Crippen LogP contribution is -2.50. The van der Waals surface area contributed by atoms with Gasteiger partial charge in [0.05, 0.1) is 34.2 Å².